The Morgan fingerprint density at radius 3 is 2.39 bits per heavy atom. The number of aromatic nitrogens is 1. The average molecular weight is 381 g/mol. The van der Waals surface area contributed by atoms with E-state index in [1.165, 1.54) is 11.6 Å². The number of nitrogens with zero attached hydrogens (tertiary/aromatic N) is 2. The molecule has 0 atom stereocenters. The minimum atomic E-state index is -1.07. The minimum Gasteiger partial charge on any atom is -0.364 e. The number of nitrogens with one attached hydrogen (secondary N) is 1. The minimum absolute atomic E-state index is 0.0256. The summed E-state index contributed by atoms with van der Waals surface area (Å²) in [6.07, 6.45) is 1.68. The van der Waals surface area contributed by atoms with Gasteiger partial charge >= 0.3 is 0 Å². The second kappa shape index (κ2) is 8.61. The van der Waals surface area contributed by atoms with E-state index < -0.39 is 17.5 Å². The van der Waals surface area contributed by atoms with E-state index in [9.17, 15) is 13.6 Å². The van der Waals surface area contributed by atoms with Gasteiger partial charge in [-0.05, 0) is 49.7 Å². The summed E-state index contributed by atoms with van der Waals surface area (Å²) in [4.78, 5) is 18.7. The van der Waals surface area contributed by atoms with Crippen LogP contribution in [0.1, 0.15) is 29.8 Å². The highest BCUT2D eigenvalue weighted by Gasteiger charge is 2.13. The van der Waals surface area contributed by atoms with Gasteiger partial charge in [0.25, 0.3) is 5.91 Å². The highest BCUT2D eigenvalue weighted by molar-refractivity contribution is 6.03. The van der Waals surface area contributed by atoms with Crippen LogP contribution < -0.4 is 10.2 Å². The van der Waals surface area contributed by atoms with E-state index in [4.69, 9.17) is 0 Å². The molecule has 3 aromatic rings. The zero-order valence-electron chi connectivity index (χ0n) is 15.7. The topological polar surface area (TPSA) is 45.2 Å². The second-order valence-electron chi connectivity index (χ2n) is 6.69. The highest BCUT2D eigenvalue weighted by Crippen LogP contribution is 2.21. The molecule has 0 saturated heterocycles. The maximum Gasteiger partial charge on any atom is 0.256 e. The number of hydrogen-bond donors (Lipinski definition) is 1. The number of carbonyl (C=O) groups is 1. The monoisotopic (exact) mass is 381 g/mol. The molecule has 1 aromatic heterocycles. The lowest BCUT2D eigenvalue weighted by molar-refractivity contribution is 0.102. The van der Waals surface area contributed by atoms with Gasteiger partial charge in [0.2, 0.25) is 0 Å². The van der Waals surface area contributed by atoms with Gasteiger partial charge in [0, 0.05) is 18.2 Å². The third-order valence-corrected chi connectivity index (χ3v) is 4.32. The normalized spacial score (nSPS) is 10.8. The molecule has 0 radical (unpaired) electrons. The molecule has 1 heterocycles. The van der Waals surface area contributed by atoms with Crippen LogP contribution in [0.25, 0.3) is 0 Å². The summed E-state index contributed by atoms with van der Waals surface area (Å²) in [6.45, 7) is 4.93. The SMILES string of the molecule is CC(C)N(Cc1ccccc1)c1ccc(NC(=O)c2ccc(F)c(F)c2)nc1. The Bertz CT molecular complexity index is 944. The Morgan fingerprint density at radius 2 is 1.79 bits per heavy atom. The third kappa shape index (κ3) is 4.71. The fraction of sp³-hybridized carbons (Fsp3) is 0.182. The number of amides is 1. The first kappa shape index (κ1) is 19.5. The number of anilines is 2. The number of carbonyl (C=O) groups excluding carboxylic acids is 1. The first-order valence-electron chi connectivity index (χ1n) is 8.97. The summed E-state index contributed by atoms with van der Waals surface area (Å²) in [7, 11) is 0. The lowest BCUT2D eigenvalue weighted by atomic mass is 10.1. The predicted octanol–water partition coefficient (Wildman–Crippen LogP) is 5.03. The molecule has 28 heavy (non-hydrogen) atoms. The van der Waals surface area contributed by atoms with Crippen molar-refractivity contribution < 1.29 is 13.6 Å². The lowest BCUT2D eigenvalue weighted by Crippen LogP contribution is -2.30. The van der Waals surface area contributed by atoms with E-state index in [0.29, 0.717) is 5.82 Å². The van der Waals surface area contributed by atoms with Gasteiger partial charge in [-0.2, -0.15) is 0 Å². The van der Waals surface area contributed by atoms with E-state index >= 15 is 0 Å². The van der Waals surface area contributed by atoms with Crippen molar-refractivity contribution in [1.82, 2.24) is 4.98 Å². The molecule has 2 aromatic carbocycles. The van der Waals surface area contributed by atoms with Gasteiger partial charge in [0.1, 0.15) is 5.82 Å². The van der Waals surface area contributed by atoms with Crippen LogP contribution >= 0.6 is 0 Å². The highest BCUT2D eigenvalue weighted by atomic mass is 19.2. The molecule has 0 saturated carbocycles. The molecule has 4 nitrogen and oxygen atoms in total. The van der Waals surface area contributed by atoms with Gasteiger partial charge < -0.3 is 10.2 Å². The maximum atomic E-state index is 13.3. The predicted molar refractivity (Wildman–Crippen MR) is 106 cm³/mol. The summed E-state index contributed by atoms with van der Waals surface area (Å²) in [6, 6.07) is 16.9. The maximum absolute atomic E-state index is 13.3. The van der Waals surface area contributed by atoms with Gasteiger partial charge in [0.05, 0.1) is 11.9 Å². The van der Waals surface area contributed by atoms with Gasteiger partial charge in [-0.3, -0.25) is 4.79 Å². The van der Waals surface area contributed by atoms with Crippen LogP contribution in [0.15, 0.2) is 66.9 Å². The van der Waals surface area contributed by atoms with Gasteiger partial charge in [0.15, 0.2) is 11.6 Å². The Morgan fingerprint density at radius 1 is 1.04 bits per heavy atom. The van der Waals surface area contributed by atoms with Crippen LogP contribution in [-0.2, 0) is 6.54 Å². The van der Waals surface area contributed by atoms with E-state index in [1.54, 1.807) is 12.3 Å². The molecule has 3 rings (SSSR count). The van der Waals surface area contributed by atoms with Crippen molar-refractivity contribution in [1.29, 1.82) is 0 Å². The zero-order valence-corrected chi connectivity index (χ0v) is 15.7. The number of halogens is 2. The molecule has 0 bridgehead atoms. The fourth-order valence-electron chi connectivity index (χ4n) is 2.81. The average Bonchev–Trinajstić information content (AvgIpc) is 2.69. The summed E-state index contributed by atoms with van der Waals surface area (Å²) >= 11 is 0. The molecule has 0 fully saturated rings. The molecule has 1 N–H and O–H groups in total. The van der Waals surface area contributed by atoms with Crippen molar-refractivity contribution in [3.05, 3.63) is 89.6 Å². The molecule has 0 aliphatic heterocycles. The van der Waals surface area contributed by atoms with Crippen molar-refractivity contribution in [2.75, 3.05) is 10.2 Å². The molecule has 6 heteroatoms. The second-order valence-corrected chi connectivity index (χ2v) is 6.69. The van der Waals surface area contributed by atoms with Gasteiger partial charge in [-0.1, -0.05) is 30.3 Å². The Hall–Kier alpha value is -3.28. The molecule has 0 unspecified atom stereocenters. The summed E-state index contributed by atoms with van der Waals surface area (Å²) < 4.78 is 26.3. The largest absolute Gasteiger partial charge is 0.364 e. The number of benzene rings is 2. The fourth-order valence-corrected chi connectivity index (χ4v) is 2.81. The molecule has 0 spiro atoms. The van der Waals surface area contributed by atoms with Crippen molar-refractivity contribution in [2.45, 2.75) is 26.4 Å². The molecule has 0 aliphatic rings. The summed E-state index contributed by atoms with van der Waals surface area (Å²) in [5, 5.41) is 2.59. The number of rotatable bonds is 6. The van der Waals surface area contributed by atoms with Crippen LogP contribution in [0.5, 0.6) is 0 Å². The Balaban J connectivity index is 1.72. The van der Waals surface area contributed by atoms with Crippen molar-refractivity contribution in [3.8, 4) is 0 Å². The molecular weight excluding hydrogens is 360 g/mol. The number of hydrogen-bond acceptors (Lipinski definition) is 3. The standard InChI is InChI=1S/C22H21F2N3O/c1-15(2)27(14-16-6-4-3-5-7-16)18-9-11-21(25-13-18)26-22(28)17-8-10-19(23)20(24)12-17/h3-13,15H,14H2,1-2H3,(H,25,26,28). The first-order valence-corrected chi connectivity index (χ1v) is 8.97. The van der Waals surface area contributed by atoms with Crippen LogP contribution in [-0.4, -0.2) is 16.9 Å². The van der Waals surface area contributed by atoms with Gasteiger partial charge in [-0.15, -0.1) is 0 Å². The van der Waals surface area contributed by atoms with E-state index in [2.05, 4.69) is 41.2 Å². The zero-order chi connectivity index (χ0) is 20.1. The van der Waals surface area contributed by atoms with Crippen LogP contribution in [0.4, 0.5) is 20.3 Å². The quantitative estimate of drug-likeness (QED) is 0.652. The third-order valence-electron chi connectivity index (χ3n) is 4.32. The molecule has 144 valence electrons. The van der Waals surface area contributed by atoms with Crippen molar-refractivity contribution >= 4 is 17.4 Å². The lowest BCUT2D eigenvalue weighted by Gasteiger charge is -2.29. The molecular formula is C22H21F2N3O. The summed E-state index contributed by atoms with van der Waals surface area (Å²) in [5.74, 6) is -2.28. The van der Waals surface area contributed by atoms with Gasteiger partial charge in [-0.25, -0.2) is 13.8 Å². The van der Waals surface area contributed by atoms with E-state index in [-0.39, 0.29) is 11.6 Å². The van der Waals surface area contributed by atoms with E-state index in [0.717, 1.165) is 24.4 Å². The summed E-state index contributed by atoms with van der Waals surface area (Å²) in [5.41, 5.74) is 2.13. The first-order chi connectivity index (χ1) is 13.4. The Labute approximate surface area is 162 Å². The molecule has 1 amide bonds. The van der Waals surface area contributed by atoms with E-state index in [1.807, 2.05) is 24.3 Å². The van der Waals surface area contributed by atoms with Crippen LogP contribution in [0.3, 0.4) is 0 Å². The van der Waals surface area contributed by atoms with Crippen LogP contribution in [0, 0.1) is 11.6 Å². The Kier molecular flexibility index (Phi) is 5.99. The molecule has 0 aliphatic carbocycles. The smallest absolute Gasteiger partial charge is 0.256 e. The van der Waals surface area contributed by atoms with Crippen molar-refractivity contribution in [2.24, 2.45) is 0 Å². The number of pyridine rings is 1. The van der Waals surface area contributed by atoms with Crippen molar-refractivity contribution in [3.63, 3.8) is 0 Å². The van der Waals surface area contributed by atoms with Crippen LogP contribution in [0.2, 0.25) is 0 Å².